The highest BCUT2D eigenvalue weighted by Gasteiger charge is 2.30. The lowest BCUT2D eigenvalue weighted by atomic mass is 9.92. The Morgan fingerprint density at radius 3 is 2.30 bits per heavy atom. The highest BCUT2D eigenvalue weighted by molar-refractivity contribution is 7.89. The van der Waals surface area contributed by atoms with Gasteiger partial charge >= 0.3 is 5.97 Å². The fourth-order valence-electron chi connectivity index (χ4n) is 2.44. The van der Waals surface area contributed by atoms with Crippen molar-refractivity contribution < 1.29 is 17.9 Å². The second-order valence-electron chi connectivity index (χ2n) is 6.21. The smallest absolute Gasteiger partial charge is 0.338 e. The van der Waals surface area contributed by atoms with Gasteiger partial charge in [0.25, 0.3) is 0 Å². The topological polar surface area (TPSA) is 98.5 Å². The number of hydrogen-bond acceptors (Lipinski definition) is 5. The molecule has 6 nitrogen and oxygen atoms in total. The fraction of sp³-hybridized carbons (Fsp3) is 0.562. The number of sulfonamides is 1. The minimum atomic E-state index is -3.71. The quantitative estimate of drug-likeness (QED) is 0.703. The molecule has 7 heteroatoms. The van der Waals surface area contributed by atoms with E-state index in [0.717, 1.165) is 0 Å². The van der Waals surface area contributed by atoms with E-state index in [2.05, 4.69) is 4.72 Å². The van der Waals surface area contributed by atoms with Gasteiger partial charge in [0, 0.05) is 12.1 Å². The number of carbonyl (C=O) groups excluding carboxylic acids is 1. The van der Waals surface area contributed by atoms with Gasteiger partial charge in [-0.2, -0.15) is 0 Å². The molecule has 0 aliphatic rings. The number of esters is 1. The summed E-state index contributed by atoms with van der Waals surface area (Å²) in [6, 6.07) is 5.66. The normalized spacial score (nSPS) is 14.5. The van der Waals surface area contributed by atoms with E-state index < -0.39 is 21.5 Å². The summed E-state index contributed by atoms with van der Waals surface area (Å²) in [5.74, 6) is -0.173. The third-order valence-corrected chi connectivity index (χ3v) is 5.02. The Labute approximate surface area is 138 Å². The Kier molecular flexibility index (Phi) is 6.73. The monoisotopic (exact) mass is 342 g/mol. The Morgan fingerprint density at radius 1 is 1.30 bits per heavy atom. The summed E-state index contributed by atoms with van der Waals surface area (Å²) in [4.78, 5) is 11.7. The first kappa shape index (κ1) is 19.6. The van der Waals surface area contributed by atoms with Gasteiger partial charge in [0.15, 0.2) is 0 Å². The molecule has 130 valence electrons. The SMILES string of the molecule is CCOC(=O)c1ccc(S(=O)(=O)NC(C)(CN)CC(C)C)cc1. The molecule has 0 saturated heterocycles. The minimum Gasteiger partial charge on any atom is -0.462 e. The van der Waals surface area contributed by atoms with E-state index in [0.29, 0.717) is 17.9 Å². The molecule has 1 atom stereocenters. The van der Waals surface area contributed by atoms with Crippen LogP contribution in [0.5, 0.6) is 0 Å². The van der Waals surface area contributed by atoms with Crippen molar-refractivity contribution in [3.8, 4) is 0 Å². The van der Waals surface area contributed by atoms with Crippen molar-refractivity contribution in [2.75, 3.05) is 13.2 Å². The second kappa shape index (κ2) is 7.90. The molecule has 0 aliphatic heterocycles. The summed E-state index contributed by atoms with van der Waals surface area (Å²) < 4.78 is 32.6. The van der Waals surface area contributed by atoms with Crippen LogP contribution >= 0.6 is 0 Å². The van der Waals surface area contributed by atoms with Gasteiger partial charge in [-0.25, -0.2) is 17.9 Å². The molecule has 0 radical (unpaired) electrons. The van der Waals surface area contributed by atoms with Gasteiger partial charge in [0.1, 0.15) is 0 Å². The van der Waals surface area contributed by atoms with E-state index in [9.17, 15) is 13.2 Å². The molecular weight excluding hydrogens is 316 g/mol. The molecule has 1 aromatic carbocycles. The van der Waals surface area contributed by atoms with Gasteiger partial charge in [0.05, 0.1) is 17.1 Å². The summed E-state index contributed by atoms with van der Waals surface area (Å²) in [5.41, 5.74) is 5.35. The molecule has 0 amide bonds. The summed E-state index contributed by atoms with van der Waals surface area (Å²) >= 11 is 0. The van der Waals surface area contributed by atoms with Crippen LogP contribution in [0.3, 0.4) is 0 Å². The third kappa shape index (κ3) is 5.60. The molecule has 1 unspecified atom stereocenters. The average Bonchev–Trinajstić information content (AvgIpc) is 2.46. The van der Waals surface area contributed by atoms with Crippen LogP contribution in [0.1, 0.15) is 44.5 Å². The van der Waals surface area contributed by atoms with Crippen LogP contribution in [0, 0.1) is 5.92 Å². The molecule has 0 aromatic heterocycles. The van der Waals surface area contributed by atoms with Gasteiger partial charge in [-0.1, -0.05) is 13.8 Å². The Bertz CT molecular complexity index is 626. The first-order valence-corrected chi connectivity index (χ1v) is 9.13. The number of nitrogens with one attached hydrogen (secondary N) is 1. The minimum absolute atomic E-state index is 0.0916. The first-order chi connectivity index (χ1) is 10.6. The molecule has 23 heavy (non-hydrogen) atoms. The van der Waals surface area contributed by atoms with Crippen LogP contribution in [0.2, 0.25) is 0 Å². The van der Waals surface area contributed by atoms with Crippen LogP contribution in [0.25, 0.3) is 0 Å². The Balaban J connectivity index is 2.98. The zero-order chi connectivity index (χ0) is 17.7. The lowest BCUT2D eigenvalue weighted by Crippen LogP contribution is -2.51. The van der Waals surface area contributed by atoms with Gasteiger partial charge in [-0.05, 0) is 50.5 Å². The van der Waals surface area contributed by atoms with E-state index in [1.165, 1.54) is 24.3 Å². The van der Waals surface area contributed by atoms with Crippen LogP contribution in [0.4, 0.5) is 0 Å². The predicted molar refractivity (Wildman–Crippen MR) is 89.6 cm³/mol. The predicted octanol–water partition coefficient (Wildman–Crippen LogP) is 1.91. The lowest BCUT2D eigenvalue weighted by molar-refractivity contribution is 0.0526. The van der Waals surface area contributed by atoms with Gasteiger partial charge in [-0.15, -0.1) is 0 Å². The molecule has 0 heterocycles. The summed E-state index contributed by atoms with van der Waals surface area (Å²) in [6.07, 6.45) is 0.629. The van der Waals surface area contributed by atoms with Crippen molar-refractivity contribution in [3.63, 3.8) is 0 Å². The molecule has 3 N–H and O–H groups in total. The molecule has 1 rings (SSSR count). The van der Waals surface area contributed by atoms with E-state index in [-0.39, 0.29) is 18.0 Å². The zero-order valence-electron chi connectivity index (χ0n) is 14.1. The summed E-state index contributed by atoms with van der Waals surface area (Å²) in [7, 11) is -3.71. The van der Waals surface area contributed by atoms with Gasteiger partial charge in [0.2, 0.25) is 10.0 Å². The number of carbonyl (C=O) groups is 1. The number of benzene rings is 1. The molecule has 0 aliphatic carbocycles. The molecule has 0 bridgehead atoms. The van der Waals surface area contributed by atoms with Crippen LogP contribution in [-0.4, -0.2) is 33.1 Å². The highest BCUT2D eigenvalue weighted by atomic mass is 32.2. The fourth-order valence-corrected chi connectivity index (χ4v) is 3.86. The second-order valence-corrected chi connectivity index (χ2v) is 7.90. The van der Waals surface area contributed by atoms with Crippen LogP contribution in [0.15, 0.2) is 29.2 Å². The van der Waals surface area contributed by atoms with E-state index in [4.69, 9.17) is 10.5 Å². The average molecular weight is 342 g/mol. The maximum atomic E-state index is 12.5. The summed E-state index contributed by atoms with van der Waals surface area (Å²) in [5, 5.41) is 0. The van der Waals surface area contributed by atoms with Crippen LogP contribution < -0.4 is 10.5 Å². The van der Waals surface area contributed by atoms with Crippen molar-refractivity contribution in [3.05, 3.63) is 29.8 Å². The van der Waals surface area contributed by atoms with Crippen molar-refractivity contribution in [1.82, 2.24) is 4.72 Å². The van der Waals surface area contributed by atoms with E-state index in [1.54, 1.807) is 13.8 Å². The third-order valence-electron chi connectivity index (χ3n) is 3.37. The number of nitrogens with two attached hydrogens (primary N) is 1. The molecule has 0 fully saturated rings. The molecule has 0 spiro atoms. The Morgan fingerprint density at radius 2 is 1.87 bits per heavy atom. The molecule has 1 aromatic rings. The number of ether oxygens (including phenoxy) is 1. The van der Waals surface area contributed by atoms with Gasteiger partial charge in [-0.3, -0.25) is 0 Å². The number of hydrogen-bond donors (Lipinski definition) is 2. The lowest BCUT2D eigenvalue weighted by Gasteiger charge is -2.30. The standard InChI is InChI=1S/C16H26N2O4S/c1-5-22-15(19)13-6-8-14(9-7-13)23(20,21)18-16(4,11-17)10-12(2)3/h6-9,12,18H,5,10-11,17H2,1-4H3. The van der Waals surface area contributed by atoms with Gasteiger partial charge < -0.3 is 10.5 Å². The highest BCUT2D eigenvalue weighted by Crippen LogP contribution is 2.20. The largest absolute Gasteiger partial charge is 0.462 e. The van der Waals surface area contributed by atoms with Crippen molar-refractivity contribution in [2.24, 2.45) is 11.7 Å². The first-order valence-electron chi connectivity index (χ1n) is 7.65. The van der Waals surface area contributed by atoms with E-state index in [1.807, 2.05) is 13.8 Å². The van der Waals surface area contributed by atoms with Crippen molar-refractivity contribution in [1.29, 1.82) is 0 Å². The van der Waals surface area contributed by atoms with E-state index >= 15 is 0 Å². The molecular formula is C16H26N2O4S. The maximum absolute atomic E-state index is 12.5. The van der Waals surface area contributed by atoms with Crippen molar-refractivity contribution in [2.45, 2.75) is 44.6 Å². The van der Waals surface area contributed by atoms with Crippen LogP contribution in [-0.2, 0) is 14.8 Å². The maximum Gasteiger partial charge on any atom is 0.338 e. The summed E-state index contributed by atoms with van der Waals surface area (Å²) in [6.45, 7) is 7.99. The van der Waals surface area contributed by atoms with Crippen molar-refractivity contribution >= 4 is 16.0 Å². The zero-order valence-corrected chi connectivity index (χ0v) is 14.9. The molecule has 0 saturated carbocycles. The number of rotatable bonds is 8. The Hall–Kier alpha value is -1.44.